The van der Waals surface area contributed by atoms with Crippen LogP contribution in [0.5, 0.6) is 0 Å². The fourth-order valence-electron chi connectivity index (χ4n) is 2.21. The summed E-state index contributed by atoms with van der Waals surface area (Å²) in [5, 5.41) is 13.1. The van der Waals surface area contributed by atoms with E-state index in [0.29, 0.717) is 17.4 Å². The molecule has 0 saturated carbocycles. The van der Waals surface area contributed by atoms with Crippen molar-refractivity contribution in [3.05, 3.63) is 22.1 Å². The van der Waals surface area contributed by atoms with Crippen LogP contribution in [0.2, 0.25) is 5.02 Å². The van der Waals surface area contributed by atoms with Crippen molar-refractivity contribution >= 4 is 17.4 Å². The second-order valence-corrected chi connectivity index (χ2v) is 5.21. The van der Waals surface area contributed by atoms with E-state index >= 15 is 0 Å². The first-order valence-corrected chi connectivity index (χ1v) is 6.74. The van der Waals surface area contributed by atoms with Crippen molar-refractivity contribution in [1.29, 1.82) is 0 Å². The summed E-state index contributed by atoms with van der Waals surface area (Å²) in [7, 11) is 0. The van der Waals surface area contributed by atoms with Crippen LogP contribution in [0.4, 0.5) is 5.82 Å². The van der Waals surface area contributed by atoms with E-state index in [1.54, 1.807) is 4.68 Å². The zero-order chi connectivity index (χ0) is 14.2. The number of aryl methyl sites for hydroxylation is 2. The Kier molecular flexibility index (Phi) is 3.80. The Morgan fingerprint density at radius 2 is 2.00 bits per heavy atom. The minimum Gasteiger partial charge on any atom is -0.381 e. The molecule has 0 bridgehead atoms. The van der Waals surface area contributed by atoms with E-state index in [0.717, 1.165) is 23.6 Å². The monoisotopic (exact) mass is 282 g/mol. The van der Waals surface area contributed by atoms with Gasteiger partial charge in [-0.05, 0) is 19.8 Å². The SMILES string of the molecule is CCn1nc(C)c(Cl)c1Cn1nnc(N)c1C(C)C. The second kappa shape index (κ2) is 5.21. The quantitative estimate of drug-likeness (QED) is 0.933. The molecule has 0 radical (unpaired) electrons. The lowest BCUT2D eigenvalue weighted by atomic mass is 10.1. The Morgan fingerprint density at radius 3 is 2.58 bits per heavy atom. The molecule has 2 rings (SSSR count). The third-order valence-corrected chi connectivity index (χ3v) is 3.59. The predicted molar refractivity (Wildman–Crippen MR) is 75.3 cm³/mol. The van der Waals surface area contributed by atoms with Gasteiger partial charge in [-0.2, -0.15) is 5.10 Å². The molecule has 104 valence electrons. The maximum absolute atomic E-state index is 6.31. The molecule has 0 unspecified atom stereocenters. The summed E-state index contributed by atoms with van der Waals surface area (Å²) in [6, 6.07) is 0. The first kappa shape index (κ1) is 13.9. The second-order valence-electron chi connectivity index (χ2n) is 4.83. The zero-order valence-electron chi connectivity index (χ0n) is 11.7. The van der Waals surface area contributed by atoms with Crippen molar-refractivity contribution in [3.63, 3.8) is 0 Å². The molecule has 0 saturated heterocycles. The molecule has 7 heteroatoms. The number of hydrogen-bond donors (Lipinski definition) is 1. The first-order chi connectivity index (χ1) is 8.95. The number of rotatable bonds is 4. The van der Waals surface area contributed by atoms with E-state index < -0.39 is 0 Å². The van der Waals surface area contributed by atoms with Gasteiger partial charge in [-0.3, -0.25) is 4.68 Å². The van der Waals surface area contributed by atoms with Crippen molar-refractivity contribution in [3.8, 4) is 0 Å². The molecule has 0 aliphatic carbocycles. The van der Waals surface area contributed by atoms with Gasteiger partial charge in [-0.25, -0.2) is 4.68 Å². The maximum atomic E-state index is 6.31. The lowest BCUT2D eigenvalue weighted by Gasteiger charge is -2.11. The molecule has 0 aliphatic rings. The van der Waals surface area contributed by atoms with Gasteiger partial charge in [0, 0.05) is 6.54 Å². The average Bonchev–Trinajstić information content (AvgIpc) is 2.84. The molecule has 0 atom stereocenters. The van der Waals surface area contributed by atoms with Crippen LogP contribution in [0, 0.1) is 6.92 Å². The van der Waals surface area contributed by atoms with Gasteiger partial charge >= 0.3 is 0 Å². The molecule has 0 spiro atoms. The molecule has 19 heavy (non-hydrogen) atoms. The highest BCUT2D eigenvalue weighted by atomic mass is 35.5. The van der Waals surface area contributed by atoms with Gasteiger partial charge in [0.2, 0.25) is 0 Å². The highest BCUT2D eigenvalue weighted by Gasteiger charge is 2.18. The molecule has 0 fully saturated rings. The molecule has 2 aromatic rings. The van der Waals surface area contributed by atoms with E-state index in [2.05, 4.69) is 29.3 Å². The lowest BCUT2D eigenvalue weighted by Crippen LogP contribution is -2.13. The summed E-state index contributed by atoms with van der Waals surface area (Å²) in [6.07, 6.45) is 0. The molecule has 2 heterocycles. The highest BCUT2D eigenvalue weighted by Crippen LogP contribution is 2.24. The highest BCUT2D eigenvalue weighted by molar-refractivity contribution is 6.31. The number of nitrogens with two attached hydrogens (primary N) is 1. The predicted octanol–water partition coefficient (Wildman–Crippen LogP) is 2.21. The molecular weight excluding hydrogens is 264 g/mol. The number of halogens is 1. The summed E-state index contributed by atoms with van der Waals surface area (Å²) in [4.78, 5) is 0. The maximum Gasteiger partial charge on any atom is 0.169 e. The van der Waals surface area contributed by atoms with Crippen LogP contribution < -0.4 is 5.73 Å². The van der Waals surface area contributed by atoms with E-state index in [1.807, 2.05) is 18.5 Å². The van der Waals surface area contributed by atoms with Gasteiger partial charge in [0.25, 0.3) is 0 Å². The summed E-state index contributed by atoms with van der Waals surface area (Å²) >= 11 is 6.31. The fraction of sp³-hybridized carbons (Fsp3) is 0.583. The van der Waals surface area contributed by atoms with Gasteiger partial charge in [-0.15, -0.1) is 5.10 Å². The molecule has 6 nitrogen and oxygen atoms in total. The number of nitrogens with zero attached hydrogens (tertiary/aromatic N) is 5. The Morgan fingerprint density at radius 1 is 1.32 bits per heavy atom. The summed E-state index contributed by atoms with van der Waals surface area (Å²) in [5.41, 5.74) is 8.56. The summed E-state index contributed by atoms with van der Waals surface area (Å²) < 4.78 is 3.69. The van der Waals surface area contributed by atoms with Crippen LogP contribution in [-0.4, -0.2) is 24.8 Å². The average molecular weight is 283 g/mol. The third-order valence-electron chi connectivity index (χ3n) is 3.10. The van der Waals surface area contributed by atoms with E-state index in [9.17, 15) is 0 Å². The topological polar surface area (TPSA) is 74.5 Å². The van der Waals surface area contributed by atoms with Crippen molar-refractivity contribution in [1.82, 2.24) is 24.8 Å². The Balaban J connectivity index is 2.42. The summed E-state index contributed by atoms with van der Waals surface area (Å²) in [6.45, 7) is 9.36. The number of anilines is 1. The van der Waals surface area contributed by atoms with Crippen LogP contribution in [0.3, 0.4) is 0 Å². The number of nitrogen functional groups attached to an aromatic ring is 1. The molecule has 2 N–H and O–H groups in total. The lowest BCUT2D eigenvalue weighted by molar-refractivity contribution is 0.543. The van der Waals surface area contributed by atoms with Crippen LogP contribution in [0.15, 0.2) is 0 Å². The van der Waals surface area contributed by atoms with Crippen LogP contribution in [-0.2, 0) is 13.1 Å². The van der Waals surface area contributed by atoms with E-state index in [-0.39, 0.29) is 5.92 Å². The largest absolute Gasteiger partial charge is 0.381 e. The normalized spacial score (nSPS) is 11.5. The minimum atomic E-state index is 0.257. The molecule has 0 amide bonds. The van der Waals surface area contributed by atoms with Crippen LogP contribution in [0.1, 0.15) is 43.8 Å². The smallest absolute Gasteiger partial charge is 0.169 e. The third kappa shape index (κ3) is 2.45. The van der Waals surface area contributed by atoms with Gasteiger partial charge in [0.1, 0.15) is 0 Å². The zero-order valence-corrected chi connectivity index (χ0v) is 12.4. The summed E-state index contributed by atoms with van der Waals surface area (Å²) in [5.74, 6) is 0.735. The number of aromatic nitrogens is 5. The standard InChI is InChI=1S/C12H19ClN6/c1-5-18-9(10(13)8(4)16-18)6-19-11(7(2)3)12(14)15-17-19/h7H,5-6,14H2,1-4H3. The Bertz CT molecular complexity index is 583. The van der Waals surface area contributed by atoms with Crippen LogP contribution in [0.25, 0.3) is 0 Å². The Hall–Kier alpha value is -1.56. The fourth-order valence-corrected chi connectivity index (χ4v) is 2.40. The minimum absolute atomic E-state index is 0.257. The van der Waals surface area contributed by atoms with E-state index in [1.165, 1.54) is 0 Å². The van der Waals surface area contributed by atoms with E-state index in [4.69, 9.17) is 17.3 Å². The van der Waals surface area contributed by atoms with Gasteiger partial charge in [0.15, 0.2) is 5.82 Å². The molecule has 2 aromatic heterocycles. The Labute approximate surface area is 117 Å². The van der Waals surface area contributed by atoms with Crippen molar-refractivity contribution in [2.45, 2.75) is 46.7 Å². The molecule has 0 aromatic carbocycles. The van der Waals surface area contributed by atoms with Gasteiger partial charge in [-0.1, -0.05) is 30.7 Å². The van der Waals surface area contributed by atoms with Crippen molar-refractivity contribution in [2.75, 3.05) is 5.73 Å². The number of hydrogen-bond acceptors (Lipinski definition) is 4. The van der Waals surface area contributed by atoms with Gasteiger partial charge < -0.3 is 5.73 Å². The van der Waals surface area contributed by atoms with Gasteiger partial charge in [0.05, 0.1) is 28.6 Å². The van der Waals surface area contributed by atoms with Crippen molar-refractivity contribution in [2.24, 2.45) is 0 Å². The van der Waals surface area contributed by atoms with Crippen molar-refractivity contribution < 1.29 is 0 Å². The molecule has 0 aliphatic heterocycles. The van der Waals surface area contributed by atoms with Crippen LogP contribution >= 0.6 is 11.6 Å². The molecular formula is C12H19ClN6. The first-order valence-electron chi connectivity index (χ1n) is 6.36.